The lowest BCUT2D eigenvalue weighted by atomic mass is 9.82. The van der Waals surface area contributed by atoms with Gasteiger partial charge in [-0.1, -0.05) is 12.1 Å². The van der Waals surface area contributed by atoms with Crippen LogP contribution in [0.3, 0.4) is 0 Å². The topological polar surface area (TPSA) is 64.3 Å². The van der Waals surface area contributed by atoms with Gasteiger partial charge in [-0.05, 0) is 51.3 Å². The van der Waals surface area contributed by atoms with Crippen LogP contribution < -0.4 is 11.1 Å². The maximum atomic E-state index is 12.4. The Kier molecular flexibility index (Phi) is 4.33. The van der Waals surface area contributed by atoms with Gasteiger partial charge in [-0.25, -0.2) is 0 Å². The molecule has 3 N–H and O–H groups in total. The largest absolute Gasteiger partial charge is 0.399 e. The predicted molar refractivity (Wildman–Crippen MR) is 80.5 cm³/mol. The number of ether oxygens (including phenoxy) is 1. The monoisotopic (exact) mass is 276 g/mol. The van der Waals surface area contributed by atoms with Crippen molar-refractivity contribution in [1.82, 2.24) is 5.32 Å². The van der Waals surface area contributed by atoms with Gasteiger partial charge >= 0.3 is 0 Å². The maximum Gasteiger partial charge on any atom is 0.230 e. The summed E-state index contributed by atoms with van der Waals surface area (Å²) in [5.41, 5.74) is 6.82. The van der Waals surface area contributed by atoms with Crippen molar-refractivity contribution < 1.29 is 9.53 Å². The molecule has 20 heavy (non-hydrogen) atoms. The molecule has 0 aromatic heterocycles. The van der Waals surface area contributed by atoms with Gasteiger partial charge in [0.05, 0.1) is 11.5 Å². The zero-order chi connectivity index (χ0) is 14.8. The van der Waals surface area contributed by atoms with Crippen LogP contribution in [0, 0.1) is 0 Å². The molecular weight excluding hydrogens is 252 g/mol. The number of carbonyl (C=O) groups excluding carboxylic acids is 1. The number of hydrogen-bond acceptors (Lipinski definition) is 3. The number of nitrogen functional groups attached to an aromatic ring is 1. The minimum Gasteiger partial charge on any atom is -0.399 e. The number of amides is 1. The summed E-state index contributed by atoms with van der Waals surface area (Å²) in [7, 11) is 0. The summed E-state index contributed by atoms with van der Waals surface area (Å²) in [5, 5.41) is 3.11. The van der Waals surface area contributed by atoms with E-state index in [1.807, 2.05) is 45.0 Å². The first-order valence-electron chi connectivity index (χ1n) is 7.22. The van der Waals surface area contributed by atoms with Gasteiger partial charge in [-0.3, -0.25) is 4.79 Å². The summed E-state index contributed by atoms with van der Waals surface area (Å²) >= 11 is 0. The van der Waals surface area contributed by atoms with E-state index in [1.54, 1.807) is 0 Å². The maximum absolute atomic E-state index is 12.4. The average Bonchev–Trinajstić information content (AvgIpc) is 2.36. The highest BCUT2D eigenvalue weighted by Gasteiger charge is 2.36. The molecule has 2 rings (SSSR count). The van der Waals surface area contributed by atoms with Crippen molar-refractivity contribution in [3.63, 3.8) is 0 Å². The van der Waals surface area contributed by atoms with Crippen molar-refractivity contribution in [2.24, 2.45) is 0 Å². The van der Waals surface area contributed by atoms with Crippen LogP contribution in [-0.2, 0) is 14.9 Å². The first-order chi connectivity index (χ1) is 9.43. The van der Waals surface area contributed by atoms with Gasteiger partial charge in [0.2, 0.25) is 5.91 Å². The van der Waals surface area contributed by atoms with Crippen LogP contribution in [0.15, 0.2) is 24.3 Å². The fraction of sp³-hybridized carbons (Fsp3) is 0.562. The van der Waals surface area contributed by atoms with Gasteiger partial charge in [0.1, 0.15) is 0 Å². The second-order valence-corrected chi connectivity index (χ2v) is 5.97. The fourth-order valence-corrected chi connectivity index (χ4v) is 2.45. The predicted octanol–water partition coefficient (Wildman–Crippen LogP) is 2.23. The second-order valence-electron chi connectivity index (χ2n) is 5.97. The number of carbonyl (C=O) groups is 1. The standard InChI is InChI=1S/C16H24N2O2/c1-4-20-14-9-13(10-14)18-15(19)16(2,3)11-5-7-12(17)8-6-11/h5-8,13-14H,4,9-10,17H2,1-3H3,(H,18,19). The Balaban J connectivity index is 1.93. The third kappa shape index (κ3) is 3.12. The van der Waals surface area contributed by atoms with E-state index in [1.165, 1.54) is 0 Å². The molecule has 0 heterocycles. The highest BCUT2D eigenvalue weighted by atomic mass is 16.5. The van der Waals surface area contributed by atoms with Gasteiger partial charge in [-0.15, -0.1) is 0 Å². The van der Waals surface area contributed by atoms with Crippen molar-refractivity contribution in [3.8, 4) is 0 Å². The van der Waals surface area contributed by atoms with E-state index in [2.05, 4.69) is 5.32 Å². The lowest BCUT2D eigenvalue weighted by Gasteiger charge is -2.37. The van der Waals surface area contributed by atoms with Crippen LogP contribution in [0.2, 0.25) is 0 Å². The van der Waals surface area contributed by atoms with Crippen molar-refractivity contribution in [3.05, 3.63) is 29.8 Å². The fourth-order valence-electron chi connectivity index (χ4n) is 2.45. The quantitative estimate of drug-likeness (QED) is 0.811. The molecule has 1 fully saturated rings. The molecule has 0 spiro atoms. The normalized spacial score (nSPS) is 22.1. The van der Waals surface area contributed by atoms with E-state index >= 15 is 0 Å². The molecular formula is C16H24N2O2. The minimum atomic E-state index is -0.551. The Hall–Kier alpha value is -1.55. The molecule has 1 aliphatic carbocycles. The second kappa shape index (κ2) is 5.83. The average molecular weight is 276 g/mol. The summed E-state index contributed by atoms with van der Waals surface area (Å²) in [4.78, 5) is 12.4. The van der Waals surface area contributed by atoms with E-state index < -0.39 is 5.41 Å². The van der Waals surface area contributed by atoms with Crippen LogP contribution in [0.5, 0.6) is 0 Å². The Morgan fingerprint density at radius 1 is 1.35 bits per heavy atom. The third-order valence-corrected chi connectivity index (χ3v) is 4.03. The number of nitrogens with two attached hydrogens (primary N) is 1. The first-order valence-corrected chi connectivity index (χ1v) is 7.22. The van der Waals surface area contributed by atoms with Crippen molar-refractivity contribution in [2.45, 2.75) is 51.2 Å². The van der Waals surface area contributed by atoms with Gasteiger partial charge in [0, 0.05) is 18.3 Å². The Morgan fingerprint density at radius 2 is 1.95 bits per heavy atom. The van der Waals surface area contributed by atoms with Crippen molar-refractivity contribution in [1.29, 1.82) is 0 Å². The van der Waals surface area contributed by atoms with Gasteiger partial charge in [0.15, 0.2) is 0 Å². The molecule has 0 radical (unpaired) electrons. The van der Waals surface area contributed by atoms with Crippen molar-refractivity contribution in [2.75, 3.05) is 12.3 Å². The smallest absolute Gasteiger partial charge is 0.230 e. The minimum absolute atomic E-state index is 0.0576. The van der Waals surface area contributed by atoms with Gasteiger partial charge in [0.25, 0.3) is 0 Å². The van der Waals surface area contributed by atoms with Crippen LogP contribution in [0.25, 0.3) is 0 Å². The summed E-state index contributed by atoms with van der Waals surface area (Å²) < 4.78 is 5.51. The molecule has 4 nitrogen and oxygen atoms in total. The highest BCUT2D eigenvalue weighted by Crippen LogP contribution is 2.28. The lowest BCUT2D eigenvalue weighted by Crippen LogP contribution is -2.52. The SMILES string of the molecule is CCOC1CC(NC(=O)C(C)(C)c2ccc(N)cc2)C1. The molecule has 110 valence electrons. The number of rotatable bonds is 5. The molecule has 1 aliphatic rings. The number of nitrogens with one attached hydrogen (secondary N) is 1. The lowest BCUT2D eigenvalue weighted by molar-refractivity contribution is -0.128. The van der Waals surface area contributed by atoms with E-state index in [-0.39, 0.29) is 11.9 Å². The van der Waals surface area contributed by atoms with Crippen LogP contribution >= 0.6 is 0 Å². The first kappa shape index (κ1) is 14.9. The number of anilines is 1. The zero-order valence-corrected chi connectivity index (χ0v) is 12.5. The Morgan fingerprint density at radius 3 is 2.50 bits per heavy atom. The van der Waals surface area contributed by atoms with Gasteiger partial charge < -0.3 is 15.8 Å². The summed E-state index contributed by atoms with van der Waals surface area (Å²) in [6, 6.07) is 7.74. The number of hydrogen-bond donors (Lipinski definition) is 2. The molecule has 0 atom stereocenters. The van der Waals surface area contributed by atoms with Crippen LogP contribution in [0.4, 0.5) is 5.69 Å². The molecule has 4 heteroatoms. The molecule has 0 saturated heterocycles. The molecule has 0 bridgehead atoms. The molecule has 1 aromatic rings. The summed E-state index contributed by atoms with van der Waals surface area (Å²) in [5.74, 6) is 0.0576. The Labute approximate surface area is 120 Å². The molecule has 0 aliphatic heterocycles. The summed E-state index contributed by atoms with van der Waals surface area (Å²) in [6.45, 7) is 6.61. The summed E-state index contributed by atoms with van der Waals surface area (Å²) in [6.07, 6.45) is 2.14. The van der Waals surface area contributed by atoms with E-state index in [4.69, 9.17) is 10.5 Å². The van der Waals surface area contributed by atoms with Crippen LogP contribution in [-0.4, -0.2) is 24.7 Å². The van der Waals surface area contributed by atoms with Crippen LogP contribution in [0.1, 0.15) is 39.2 Å². The van der Waals surface area contributed by atoms with E-state index in [0.29, 0.717) is 11.8 Å². The third-order valence-electron chi connectivity index (χ3n) is 4.03. The Bertz CT molecular complexity index is 462. The van der Waals surface area contributed by atoms with Gasteiger partial charge in [-0.2, -0.15) is 0 Å². The van der Waals surface area contributed by atoms with Crippen molar-refractivity contribution >= 4 is 11.6 Å². The molecule has 1 aromatic carbocycles. The zero-order valence-electron chi connectivity index (χ0n) is 12.5. The molecule has 1 amide bonds. The molecule has 0 unspecified atom stereocenters. The number of benzene rings is 1. The van der Waals surface area contributed by atoms with E-state index in [0.717, 1.165) is 25.0 Å². The highest BCUT2D eigenvalue weighted by molar-refractivity contribution is 5.87. The molecule has 1 saturated carbocycles. The van der Waals surface area contributed by atoms with E-state index in [9.17, 15) is 4.79 Å².